The van der Waals surface area contributed by atoms with Crippen molar-refractivity contribution < 1.29 is 14.3 Å². The maximum Gasteiger partial charge on any atom is 0.194 e. The van der Waals surface area contributed by atoms with Gasteiger partial charge in [0.2, 0.25) is 0 Å². The predicted molar refractivity (Wildman–Crippen MR) is 89.1 cm³/mol. The van der Waals surface area contributed by atoms with Crippen LogP contribution in [0.4, 0.5) is 0 Å². The summed E-state index contributed by atoms with van der Waals surface area (Å²) < 4.78 is 10.8. The summed E-state index contributed by atoms with van der Waals surface area (Å²) in [5.41, 5.74) is 5.48. The molecule has 3 heteroatoms. The molecule has 0 unspecified atom stereocenters. The molecule has 2 aliphatic rings. The van der Waals surface area contributed by atoms with Crippen LogP contribution in [0.5, 0.6) is 5.75 Å². The summed E-state index contributed by atoms with van der Waals surface area (Å²) in [6, 6.07) is 17.5. The maximum atomic E-state index is 13.1. The Morgan fingerprint density at radius 2 is 1.39 bits per heavy atom. The Hall–Kier alpha value is -2.65. The molecule has 1 saturated heterocycles. The van der Waals surface area contributed by atoms with Gasteiger partial charge < -0.3 is 9.47 Å². The Labute approximate surface area is 134 Å². The average Bonchev–Trinajstić information content (AvgIpc) is 3.15. The minimum Gasteiger partial charge on any atom is -0.497 e. The van der Waals surface area contributed by atoms with Crippen molar-refractivity contribution in [1.29, 1.82) is 0 Å². The first-order valence-electron chi connectivity index (χ1n) is 7.58. The molecule has 23 heavy (non-hydrogen) atoms. The normalized spacial score (nSPS) is 17.0. The van der Waals surface area contributed by atoms with E-state index in [2.05, 4.69) is 0 Å². The number of Topliss-reactive ketones (excluding diaryl/α,β-unsaturated/α-hetero) is 1. The highest BCUT2D eigenvalue weighted by Crippen LogP contribution is 2.43. The van der Waals surface area contributed by atoms with Crippen LogP contribution in [0.2, 0.25) is 0 Å². The standard InChI is InChI=1S/C20H16O3/c1-22-15-9-7-14(8-10-15)19-17-12-23-11-16(17)18(20(19)21)13-5-3-2-4-6-13/h2-10H,11-12H2,1H3. The van der Waals surface area contributed by atoms with Crippen LogP contribution in [0.3, 0.4) is 0 Å². The van der Waals surface area contributed by atoms with Crippen LogP contribution in [0.25, 0.3) is 11.1 Å². The second-order valence-electron chi connectivity index (χ2n) is 5.62. The molecule has 3 nitrogen and oxygen atoms in total. The highest BCUT2D eigenvalue weighted by atomic mass is 16.5. The van der Waals surface area contributed by atoms with Gasteiger partial charge in [-0.1, -0.05) is 42.5 Å². The number of ether oxygens (including phenoxy) is 2. The molecule has 0 spiro atoms. The minimum atomic E-state index is 0.0923. The van der Waals surface area contributed by atoms with E-state index in [1.165, 1.54) is 0 Å². The quantitative estimate of drug-likeness (QED) is 0.870. The lowest BCUT2D eigenvalue weighted by molar-refractivity contribution is -0.108. The molecule has 1 heterocycles. The van der Waals surface area contributed by atoms with Crippen molar-refractivity contribution >= 4 is 16.9 Å². The predicted octanol–water partition coefficient (Wildman–Crippen LogP) is 3.52. The third-order valence-electron chi connectivity index (χ3n) is 4.36. The van der Waals surface area contributed by atoms with Crippen molar-refractivity contribution in [3.8, 4) is 5.75 Å². The molecule has 0 aromatic heterocycles. The average molecular weight is 304 g/mol. The number of ketones is 1. The Morgan fingerprint density at radius 1 is 0.826 bits per heavy atom. The smallest absolute Gasteiger partial charge is 0.194 e. The zero-order chi connectivity index (χ0) is 15.8. The topological polar surface area (TPSA) is 35.5 Å². The van der Waals surface area contributed by atoms with Gasteiger partial charge in [0.25, 0.3) is 0 Å². The molecule has 4 rings (SSSR count). The molecule has 0 saturated carbocycles. The van der Waals surface area contributed by atoms with Crippen LogP contribution in [0.15, 0.2) is 65.7 Å². The molecular weight excluding hydrogens is 288 g/mol. The second-order valence-corrected chi connectivity index (χ2v) is 5.62. The van der Waals surface area contributed by atoms with E-state index in [4.69, 9.17) is 9.47 Å². The van der Waals surface area contributed by atoms with Crippen molar-refractivity contribution in [2.45, 2.75) is 0 Å². The monoisotopic (exact) mass is 304 g/mol. The molecule has 1 aliphatic heterocycles. The lowest BCUT2D eigenvalue weighted by Gasteiger charge is -2.08. The van der Waals surface area contributed by atoms with Gasteiger partial charge in [-0.2, -0.15) is 0 Å². The van der Waals surface area contributed by atoms with Crippen molar-refractivity contribution in [3.63, 3.8) is 0 Å². The number of fused-ring (bicyclic) bond motifs is 1. The van der Waals surface area contributed by atoms with E-state index in [1.807, 2.05) is 54.6 Å². The van der Waals surface area contributed by atoms with Crippen LogP contribution >= 0.6 is 0 Å². The maximum absolute atomic E-state index is 13.1. The number of carbonyl (C=O) groups is 1. The molecule has 0 atom stereocenters. The summed E-state index contributed by atoms with van der Waals surface area (Å²) in [4.78, 5) is 13.1. The lowest BCUT2D eigenvalue weighted by Crippen LogP contribution is -2.04. The van der Waals surface area contributed by atoms with Gasteiger partial charge in [-0.25, -0.2) is 0 Å². The van der Waals surface area contributed by atoms with E-state index in [0.29, 0.717) is 13.2 Å². The Morgan fingerprint density at radius 3 is 1.96 bits per heavy atom. The molecule has 0 amide bonds. The van der Waals surface area contributed by atoms with E-state index in [9.17, 15) is 4.79 Å². The number of hydrogen-bond acceptors (Lipinski definition) is 3. The minimum absolute atomic E-state index is 0.0923. The van der Waals surface area contributed by atoms with Gasteiger partial charge in [0.1, 0.15) is 5.75 Å². The summed E-state index contributed by atoms with van der Waals surface area (Å²) in [6.45, 7) is 1.00. The van der Waals surface area contributed by atoms with Crippen LogP contribution in [-0.4, -0.2) is 26.1 Å². The van der Waals surface area contributed by atoms with Gasteiger partial charge in [-0.15, -0.1) is 0 Å². The number of hydrogen-bond donors (Lipinski definition) is 0. The highest BCUT2D eigenvalue weighted by Gasteiger charge is 2.36. The second kappa shape index (κ2) is 5.52. The van der Waals surface area contributed by atoms with Crippen LogP contribution < -0.4 is 4.74 Å². The first-order valence-corrected chi connectivity index (χ1v) is 7.58. The van der Waals surface area contributed by atoms with Gasteiger partial charge >= 0.3 is 0 Å². The fraction of sp³-hybridized carbons (Fsp3) is 0.150. The summed E-state index contributed by atoms with van der Waals surface area (Å²) in [5.74, 6) is 0.874. The zero-order valence-corrected chi connectivity index (χ0v) is 12.8. The molecule has 1 fully saturated rings. The summed E-state index contributed by atoms with van der Waals surface area (Å²) >= 11 is 0. The van der Waals surface area contributed by atoms with Gasteiger partial charge in [-0.3, -0.25) is 4.79 Å². The molecule has 0 bridgehead atoms. The lowest BCUT2D eigenvalue weighted by atomic mass is 9.96. The molecule has 2 aromatic rings. The van der Waals surface area contributed by atoms with E-state index in [1.54, 1.807) is 7.11 Å². The summed E-state index contributed by atoms with van der Waals surface area (Å²) in [5, 5.41) is 0. The molecule has 1 aliphatic carbocycles. The van der Waals surface area contributed by atoms with Crippen LogP contribution in [-0.2, 0) is 9.53 Å². The molecule has 0 radical (unpaired) electrons. The zero-order valence-electron chi connectivity index (χ0n) is 12.8. The molecular formula is C20H16O3. The molecule has 114 valence electrons. The van der Waals surface area contributed by atoms with Crippen molar-refractivity contribution in [3.05, 3.63) is 76.9 Å². The summed E-state index contributed by atoms with van der Waals surface area (Å²) in [7, 11) is 1.63. The van der Waals surface area contributed by atoms with E-state index in [-0.39, 0.29) is 5.78 Å². The number of carbonyl (C=O) groups excluding carboxylic acids is 1. The van der Waals surface area contributed by atoms with Gasteiger partial charge in [-0.05, 0) is 34.4 Å². The molecule has 2 aromatic carbocycles. The Kier molecular flexibility index (Phi) is 3.36. The number of allylic oxidation sites excluding steroid dienone is 2. The van der Waals surface area contributed by atoms with Crippen molar-refractivity contribution in [2.75, 3.05) is 20.3 Å². The van der Waals surface area contributed by atoms with Crippen LogP contribution in [0.1, 0.15) is 11.1 Å². The van der Waals surface area contributed by atoms with Gasteiger partial charge in [0.15, 0.2) is 5.78 Å². The SMILES string of the molecule is COc1ccc(C2=C3COCC3=C(c3ccccc3)C2=O)cc1. The van der Waals surface area contributed by atoms with Crippen LogP contribution in [0, 0.1) is 0 Å². The number of benzene rings is 2. The van der Waals surface area contributed by atoms with Crippen molar-refractivity contribution in [2.24, 2.45) is 0 Å². The first-order chi connectivity index (χ1) is 11.3. The number of rotatable bonds is 3. The highest BCUT2D eigenvalue weighted by molar-refractivity contribution is 6.47. The van der Waals surface area contributed by atoms with Crippen molar-refractivity contribution in [1.82, 2.24) is 0 Å². The summed E-state index contributed by atoms with van der Waals surface area (Å²) in [6.07, 6.45) is 0. The van der Waals surface area contributed by atoms with E-state index in [0.717, 1.165) is 39.2 Å². The van der Waals surface area contributed by atoms with Gasteiger partial charge in [0.05, 0.1) is 20.3 Å². The fourth-order valence-electron chi connectivity index (χ4n) is 3.25. The Balaban J connectivity index is 1.81. The van der Waals surface area contributed by atoms with Gasteiger partial charge in [0, 0.05) is 11.1 Å². The first kappa shape index (κ1) is 14.0. The third kappa shape index (κ3) is 2.21. The Bertz CT molecular complexity index is 827. The van der Waals surface area contributed by atoms with E-state index >= 15 is 0 Å². The largest absolute Gasteiger partial charge is 0.497 e. The van der Waals surface area contributed by atoms with E-state index < -0.39 is 0 Å². The molecule has 0 N–H and O–H groups in total. The fourth-order valence-corrected chi connectivity index (χ4v) is 3.25. The third-order valence-corrected chi connectivity index (χ3v) is 4.36. The number of methoxy groups -OCH3 is 1.